The molecule has 3 rings (SSSR count). The summed E-state index contributed by atoms with van der Waals surface area (Å²) in [5.41, 5.74) is 2.24. The second-order valence-electron chi connectivity index (χ2n) is 6.17. The molecule has 1 amide bonds. The summed E-state index contributed by atoms with van der Waals surface area (Å²) < 4.78 is 5.15. The van der Waals surface area contributed by atoms with Gasteiger partial charge in [0.15, 0.2) is 6.61 Å². The molecule has 26 heavy (non-hydrogen) atoms. The number of ether oxygens (including phenoxy) is 1. The van der Waals surface area contributed by atoms with Crippen LogP contribution in [0.15, 0.2) is 60.7 Å². The molecule has 2 N–H and O–H groups in total. The van der Waals surface area contributed by atoms with Crippen molar-refractivity contribution in [2.45, 2.75) is 25.8 Å². The predicted octanol–water partition coefficient (Wildman–Crippen LogP) is 3.98. The largest absolute Gasteiger partial charge is 0.451 e. The monoisotopic (exact) mass is 350 g/mol. The number of esters is 1. The number of carbonyl (C=O) groups is 2. The van der Waals surface area contributed by atoms with Crippen molar-refractivity contribution >= 4 is 22.8 Å². The van der Waals surface area contributed by atoms with Gasteiger partial charge in [-0.15, -0.1) is 0 Å². The number of hydrogen-bond donors (Lipinski definition) is 2. The second-order valence-corrected chi connectivity index (χ2v) is 6.17. The summed E-state index contributed by atoms with van der Waals surface area (Å²) in [6.45, 7) is 1.76. The molecule has 2 aromatic carbocycles. The van der Waals surface area contributed by atoms with E-state index in [4.69, 9.17) is 4.74 Å². The first-order valence-corrected chi connectivity index (χ1v) is 8.76. The molecule has 5 nitrogen and oxygen atoms in total. The van der Waals surface area contributed by atoms with E-state index in [-0.39, 0.29) is 18.6 Å². The molecule has 5 heteroatoms. The summed E-state index contributed by atoms with van der Waals surface area (Å²) in [5, 5.41) is 3.87. The van der Waals surface area contributed by atoms with E-state index >= 15 is 0 Å². The summed E-state index contributed by atoms with van der Waals surface area (Å²) in [5.74, 6) is -0.847. The average molecular weight is 350 g/mol. The van der Waals surface area contributed by atoms with Crippen molar-refractivity contribution in [3.63, 3.8) is 0 Å². The molecule has 0 radical (unpaired) electrons. The molecule has 0 saturated carbocycles. The molecule has 0 bridgehead atoms. The summed E-state index contributed by atoms with van der Waals surface area (Å²) in [7, 11) is 0. The number of aromatic nitrogens is 1. The Hall–Kier alpha value is -3.08. The van der Waals surface area contributed by atoms with Crippen LogP contribution in [0.4, 0.5) is 0 Å². The average Bonchev–Trinajstić information content (AvgIpc) is 3.11. The van der Waals surface area contributed by atoms with Gasteiger partial charge in [0.25, 0.3) is 5.91 Å². The van der Waals surface area contributed by atoms with Crippen LogP contribution in [0.1, 0.15) is 41.9 Å². The number of nitrogens with one attached hydrogen (secondary N) is 2. The van der Waals surface area contributed by atoms with Crippen LogP contribution in [0.5, 0.6) is 0 Å². The van der Waals surface area contributed by atoms with Gasteiger partial charge in [-0.25, -0.2) is 4.79 Å². The van der Waals surface area contributed by atoms with Crippen molar-refractivity contribution < 1.29 is 14.3 Å². The number of carbonyl (C=O) groups excluding carboxylic acids is 2. The summed E-state index contributed by atoms with van der Waals surface area (Å²) in [6.07, 6.45) is 1.76. The van der Waals surface area contributed by atoms with Crippen molar-refractivity contribution in [2.75, 3.05) is 6.61 Å². The highest BCUT2D eigenvalue weighted by Gasteiger charge is 2.16. The van der Waals surface area contributed by atoms with Crippen LogP contribution >= 0.6 is 0 Å². The molecule has 0 aliphatic carbocycles. The van der Waals surface area contributed by atoms with Gasteiger partial charge in [0.05, 0.1) is 6.04 Å². The fraction of sp³-hybridized carbons (Fsp3) is 0.238. The minimum Gasteiger partial charge on any atom is -0.451 e. The van der Waals surface area contributed by atoms with Crippen LogP contribution < -0.4 is 5.32 Å². The lowest BCUT2D eigenvalue weighted by Crippen LogP contribution is -2.32. The maximum absolute atomic E-state index is 12.2. The van der Waals surface area contributed by atoms with Gasteiger partial charge in [-0.1, -0.05) is 61.9 Å². The Balaban J connectivity index is 1.58. The molecule has 1 aromatic heterocycles. The number of H-pyrrole nitrogens is 1. The van der Waals surface area contributed by atoms with Crippen molar-refractivity contribution in [1.29, 1.82) is 0 Å². The molecular formula is C21H22N2O3. The molecular weight excluding hydrogens is 328 g/mol. The number of amides is 1. The number of fused-ring (bicyclic) bond motifs is 1. The minimum absolute atomic E-state index is 0.0829. The van der Waals surface area contributed by atoms with E-state index in [0.717, 1.165) is 29.3 Å². The SMILES string of the molecule is CCC[C@@H](NC(=O)COC(=O)c1cc2ccccc2[nH]1)c1ccccc1. The van der Waals surface area contributed by atoms with E-state index in [2.05, 4.69) is 17.2 Å². The first-order valence-electron chi connectivity index (χ1n) is 8.76. The van der Waals surface area contributed by atoms with Gasteiger partial charge in [-0.05, 0) is 24.1 Å². The van der Waals surface area contributed by atoms with Crippen LogP contribution in [0.25, 0.3) is 10.9 Å². The fourth-order valence-corrected chi connectivity index (χ4v) is 2.92. The highest BCUT2D eigenvalue weighted by atomic mass is 16.5. The third kappa shape index (κ3) is 4.30. The van der Waals surface area contributed by atoms with E-state index in [1.165, 1.54) is 0 Å². The van der Waals surface area contributed by atoms with E-state index < -0.39 is 5.97 Å². The van der Waals surface area contributed by atoms with E-state index in [1.807, 2.05) is 54.6 Å². The third-order valence-electron chi connectivity index (χ3n) is 4.20. The maximum Gasteiger partial charge on any atom is 0.355 e. The Morgan fingerprint density at radius 3 is 2.54 bits per heavy atom. The molecule has 3 aromatic rings. The molecule has 0 unspecified atom stereocenters. The number of rotatable bonds is 7. The molecule has 0 aliphatic rings. The zero-order valence-electron chi connectivity index (χ0n) is 14.7. The molecule has 1 atom stereocenters. The van der Waals surface area contributed by atoms with E-state index in [0.29, 0.717) is 5.69 Å². The first kappa shape index (κ1) is 17.7. The molecule has 0 fully saturated rings. The zero-order chi connectivity index (χ0) is 18.4. The Bertz CT molecular complexity index is 853. The third-order valence-corrected chi connectivity index (χ3v) is 4.20. The van der Waals surface area contributed by atoms with Crippen LogP contribution in [0.2, 0.25) is 0 Å². The second kappa shape index (κ2) is 8.34. The van der Waals surface area contributed by atoms with Gasteiger partial charge in [0, 0.05) is 10.9 Å². The highest BCUT2D eigenvalue weighted by Crippen LogP contribution is 2.18. The standard InChI is InChI=1S/C21H22N2O3/c1-2-8-17(15-9-4-3-5-10-15)23-20(24)14-26-21(25)19-13-16-11-6-7-12-18(16)22-19/h3-7,9-13,17,22H,2,8,14H2,1H3,(H,23,24)/t17-/m1/s1. The molecule has 0 spiro atoms. The van der Waals surface area contributed by atoms with Gasteiger partial charge >= 0.3 is 5.97 Å². The fourth-order valence-electron chi connectivity index (χ4n) is 2.92. The minimum atomic E-state index is -0.539. The Kier molecular flexibility index (Phi) is 5.69. The van der Waals surface area contributed by atoms with Crippen molar-refractivity contribution in [2.24, 2.45) is 0 Å². The molecule has 0 aliphatic heterocycles. The van der Waals surface area contributed by atoms with Crippen LogP contribution in [-0.2, 0) is 9.53 Å². The van der Waals surface area contributed by atoms with E-state index in [1.54, 1.807) is 6.07 Å². The topological polar surface area (TPSA) is 71.2 Å². The lowest BCUT2D eigenvalue weighted by Gasteiger charge is -2.18. The summed E-state index contributed by atoms with van der Waals surface area (Å²) >= 11 is 0. The smallest absolute Gasteiger partial charge is 0.355 e. The quantitative estimate of drug-likeness (QED) is 0.633. The highest BCUT2D eigenvalue weighted by molar-refractivity contribution is 5.95. The first-order chi connectivity index (χ1) is 12.7. The summed E-state index contributed by atoms with van der Waals surface area (Å²) in [6, 6.07) is 19.0. The van der Waals surface area contributed by atoms with E-state index in [9.17, 15) is 9.59 Å². The molecule has 134 valence electrons. The number of para-hydroxylation sites is 1. The van der Waals surface area contributed by atoms with Gasteiger partial charge in [-0.3, -0.25) is 4.79 Å². The Morgan fingerprint density at radius 2 is 1.81 bits per heavy atom. The zero-order valence-corrected chi connectivity index (χ0v) is 14.7. The number of aromatic amines is 1. The van der Waals surface area contributed by atoms with Gasteiger partial charge in [0.1, 0.15) is 5.69 Å². The van der Waals surface area contributed by atoms with Crippen molar-refractivity contribution in [3.8, 4) is 0 Å². The normalized spacial score (nSPS) is 11.9. The van der Waals surface area contributed by atoms with Gasteiger partial charge in [0.2, 0.25) is 0 Å². The number of benzene rings is 2. The van der Waals surface area contributed by atoms with Crippen LogP contribution in [0, 0.1) is 0 Å². The van der Waals surface area contributed by atoms with Crippen LogP contribution in [-0.4, -0.2) is 23.5 Å². The Labute approximate surface area is 152 Å². The molecule has 1 heterocycles. The lowest BCUT2D eigenvalue weighted by molar-refractivity contribution is -0.125. The summed E-state index contributed by atoms with van der Waals surface area (Å²) in [4.78, 5) is 27.4. The van der Waals surface area contributed by atoms with Crippen LogP contribution in [0.3, 0.4) is 0 Å². The number of hydrogen-bond acceptors (Lipinski definition) is 3. The maximum atomic E-state index is 12.2. The van der Waals surface area contributed by atoms with Gasteiger partial charge in [-0.2, -0.15) is 0 Å². The van der Waals surface area contributed by atoms with Gasteiger partial charge < -0.3 is 15.0 Å². The predicted molar refractivity (Wildman–Crippen MR) is 101 cm³/mol. The Morgan fingerprint density at radius 1 is 1.08 bits per heavy atom. The lowest BCUT2D eigenvalue weighted by atomic mass is 10.0. The van der Waals surface area contributed by atoms with Crippen molar-refractivity contribution in [1.82, 2.24) is 10.3 Å². The van der Waals surface area contributed by atoms with Crippen molar-refractivity contribution in [3.05, 3.63) is 71.9 Å². The molecule has 0 saturated heterocycles.